The lowest BCUT2D eigenvalue weighted by Gasteiger charge is -2.27. The van der Waals surface area contributed by atoms with Crippen molar-refractivity contribution in [2.24, 2.45) is 0 Å². The van der Waals surface area contributed by atoms with E-state index in [2.05, 4.69) is 20.6 Å². The molecule has 1 aliphatic rings. The number of carbonyl (C=O) groups is 2. The van der Waals surface area contributed by atoms with Gasteiger partial charge in [0, 0.05) is 50.7 Å². The lowest BCUT2D eigenvalue weighted by Crippen LogP contribution is -2.42. The van der Waals surface area contributed by atoms with Crippen LogP contribution in [0.4, 0.5) is 16.3 Å². The Balaban J connectivity index is 1.43. The molecular formula is C20H28N6O3. The Labute approximate surface area is 170 Å². The van der Waals surface area contributed by atoms with Crippen LogP contribution in [0.3, 0.4) is 0 Å². The second-order valence-electron chi connectivity index (χ2n) is 7.02. The van der Waals surface area contributed by atoms with E-state index < -0.39 is 0 Å². The third-order valence-corrected chi connectivity index (χ3v) is 4.93. The van der Waals surface area contributed by atoms with Gasteiger partial charge in [0.1, 0.15) is 6.54 Å². The number of morpholine rings is 1. The van der Waals surface area contributed by atoms with Crippen molar-refractivity contribution >= 4 is 23.4 Å². The van der Waals surface area contributed by atoms with E-state index in [0.29, 0.717) is 38.7 Å². The minimum Gasteiger partial charge on any atom is -0.378 e. The number of likely N-dealkylation sites (N-methyl/N-ethyl adjacent to an activating group) is 1. The molecule has 29 heavy (non-hydrogen) atoms. The first-order chi connectivity index (χ1) is 14.0. The van der Waals surface area contributed by atoms with Gasteiger partial charge in [-0.1, -0.05) is 18.2 Å². The van der Waals surface area contributed by atoms with E-state index in [9.17, 15) is 9.59 Å². The second-order valence-corrected chi connectivity index (χ2v) is 7.02. The number of ether oxygens (including phenoxy) is 1. The van der Waals surface area contributed by atoms with Crippen molar-refractivity contribution in [3.63, 3.8) is 0 Å². The summed E-state index contributed by atoms with van der Waals surface area (Å²) in [6, 6.07) is 11.5. The van der Waals surface area contributed by atoms with Gasteiger partial charge in [-0.25, -0.2) is 4.79 Å². The molecule has 9 nitrogen and oxygen atoms in total. The molecule has 1 unspecified atom stereocenters. The minimum atomic E-state index is -0.330. The third kappa shape index (κ3) is 5.95. The molecule has 0 radical (unpaired) electrons. The molecule has 1 aromatic carbocycles. The van der Waals surface area contributed by atoms with Crippen LogP contribution in [0.25, 0.3) is 0 Å². The molecule has 0 bridgehead atoms. The molecule has 1 aliphatic heterocycles. The van der Waals surface area contributed by atoms with Gasteiger partial charge in [-0.05, 0) is 19.1 Å². The Morgan fingerprint density at radius 1 is 1.21 bits per heavy atom. The fourth-order valence-electron chi connectivity index (χ4n) is 3.02. The summed E-state index contributed by atoms with van der Waals surface area (Å²) in [5.74, 6) is 0.395. The molecule has 3 rings (SSSR count). The summed E-state index contributed by atoms with van der Waals surface area (Å²) in [6.45, 7) is 4.99. The van der Waals surface area contributed by atoms with Crippen LogP contribution in [-0.4, -0.2) is 72.6 Å². The maximum Gasteiger partial charge on any atom is 0.320 e. The van der Waals surface area contributed by atoms with Crippen LogP contribution in [0, 0.1) is 0 Å². The molecule has 2 N–H and O–H groups in total. The van der Waals surface area contributed by atoms with Gasteiger partial charge in [-0.2, -0.15) is 5.10 Å². The second kappa shape index (κ2) is 9.92. The highest BCUT2D eigenvalue weighted by atomic mass is 16.5. The zero-order valence-corrected chi connectivity index (χ0v) is 16.9. The number of nitrogens with one attached hydrogen (secondary N) is 2. The van der Waals surface area contributed by atoms with Crippen molar-refractivity contribution in [1.82, 2.24) is 20.0 Å². The average Bonchev–Trinajstić information content (AvgIpc) is 3.19. The van der Waals surface area contributed by atoms with Crippen molar-refractivity contribution in [1.29, 1.82) is 0 Å². The Morgan fingerprint density at radius 3 is 2.66 bits per heavy atom. The number of hydrogen-bond donors (Lipinski definition) is 2. The molecular weight excluding hydrogens is 372 g/mol. The van der Waals surface area contributed by atoms with Gasteiger partial charge in [0.2, 0.25) is 5.91 Å². The van der Waals surface area contributed by atoms with E-state index in [0.717, 1.165) is 5.69 Å². The maximum atomic E-state index is 12.3. The predicted molar refractivity (Wildman–Crippen MR) is 111 cm³/mol. The molecule has 2 aromatic rings. The summed E-state index contributed by atoms with van der Waals surface area (Å²) in [5, 5.41) is 9.81. The van der Waals surface area contributed by atoms with E-state index in [4.69, 9.17) is 4.74 Å². The molecule has 0 spiro atoms. The van der Waals surface area contributed by atoms with Gasteiger partial charge >= 0.3 is 6.03 Å². The van der Waals surface area contributed by atoms with Gasteiger partial charge in [0.15, 0.2) is 5.82 Å². The quantitative estimate of drug-likeness (QED) is 0.733. The zero-order valence-electron chi connectivity index (χ0n) is 16.9. The third-order valence-electron chi connectivity index (χ3n) is 4.93. The minimum absolute atomic E-state index is 0.00910. The summed E-state index contributed by atoms with van der Waals surface area (Å²) < 4.78 is 6.78. The molecule has 1 aromatic heterocycles. The molecule has 3 amide bonds. The van der Waals surface area contributed by atoms with Crippen LogP contribution in [-0.2, 0) is 16.1 Å². The van der Waals surface area contributed by atoms with Gasteiger partial charge in [-0.15, -0.1) is 0 Å². The van der Waals surface area contributed by atoms with Crippen LogP contribution >= 0.6 is 0 Å². The standard InChI is InChI=1S/C20H28N6O3/c1-16(24(2)17-6-4-3-5-7-17)14-21-20(28)22-18-8-9-26(23-18)15-19(27)25-10-12-29-13-11-25/h3-9,16H,10-15H2,1-2H3,(H2,21,22,23,28). The molecule has 1 saturated heterocycles. The molecule has 0 aliphatic carbocycles. The van der Waals surface area contributed by atoms with Gasteiger partial charge in [0.25, 0.3) is 0 Å². The van der Waals surface area contributed by atoms with Crippen molar-refractivity contribution in [2.45, 2.75) is 19.5 Å². The van der Waals surface area contributed by atoms with Crippen molar-refractivity contribution in [2.75, 3.05) is 50.1 Å². The fraction of sp³-hybridized carbons (Fsp3) is 0.450. The van der Waals surface area contributed by atoms with E-state index in [-0.39, 0.29) is 24.5 Å². The number of anilines is 2. The molecule has 9 heteroatoms. The highest BCUT2D eigenvalue weighted by Gasteiger charge is 2.18. The van der Waals surface area contributed by atoms with E-state index in [1.165, 1.54) is 4.68 Å². The average molecular weight is 400 g/mol. The Morgan fingerprint density at radius 2 is 1.93 bits per heavy atom. The first-order valence-electron chi connectivity index (χ1n) is 9.74. The number of para-hydroxylation sites is 1. The normalized spacial score (nSPS) is 14.9. The van der Waals surface area contributed by atoms with Gasteiger partial charge < -0.3 is 19.9 Å². The summed E-state index contributed by atoms with van der Waals surface area (Å²) >= 11 is 0. The lowest BCUT2D eigenvalue weighted by molar-refractivity contribution is -0.136. The van der Waals surface area contributed by atoms with Crippen LogP contribution in [0.1, 0.15) is 6.92 Å². The topological polar surface area (TPSA) is 91.7 Å². The molecule has 1 atom stereocenters. The number of carbonyl (C=O) groups excluding carboxylic acids is 2. The molecule has 2 heterocycles. The van der Waals surface area contributed by atoms with E-state index >= 15 is 0 Å². The van der Waals surface area contributed by atoms with E-state index in [1.807, 2.05) is 44.3 Å². The largest absolute Gasteiger partial charge is 0.378 e. The van der Waals surface area contributed by atoms with Crippen molar-refractivity contribution in [3.05, 3.63) is 42.6 Å². The molecule has 156 valence electrons. The van der Waals surface area contributed by atoms with Crippen molar-refractivity contribution in [3.8, 4) is 0 Å². The summed E-state index contributed by atoms with van der Waals surface area (Å²) in [7, 11) is 1.99. The smallest absolute Gasteiger partial charge is 0.320 e. The van der Waals surface area contributed by atoms with Crippen LogP contribution in [0.15, 0.2) is 42.6 Å². The predicted octanol–water partition coefficient (Wildman–Crippen LogP) is 1.39. The highest BCUT2D eigenvalue weighted by molar-refractivity contribution is 5.88. The Kier molecular flexibility index (Phi) is 7.07. The van der Waals surface area contributed by atoms with Crippen LogP contribution in [0.5, 0.6) is 0 Å². The number of benzene rings is 1. The SMILES string of the molecule is CC(CNC(=O)Nc1ccn(CC(=O)N2CCOCC2)n1)N(C)c1ccccc1. The van der Waals surface area contributed by atoms with Crippen molar-refractivity contribution < 1.29 is 14.3 Å². The summed E-state index contributed by atoms with van der Waals surface area (Å²) in [5.41, 5.74) is 1.09. The van der Waals surface area contributed by atoms with Gasteiger partial charge in [0.05, 0.1) is 13.2 Å². The number of nitrogens with zero attached hydrogens (tertiary/aromatic N) is 4. The summed E-state index contributed by atoms with van der Waals surface area (Å²) in [6.07, 6.45) is 1.68. The zero-order chi connectivity index (χ0) is 20.6. The first-order valence-corrected chi connectivity index (χ1v) is 9.74. The highest BCUT2D eigenvalue weighted by Crippen LogP contribution is 2.13. The fourth-order valence-corrected chi connectivity index (χ4v) is 3.02. The molecule has 0 saturated carbocycles. The monoisotopic (exact) mass is 400 g/mol. The maximum absolute atomic E-state index is 12.3. The number of amides is 3. The van der Waals surface area contributed by atoms with E-state index in [1.54, 1.807) is 17.2 Å². The number of aromatic nitrogens is 2. The number of hydrogen-bond acceptors (Lipinski definition) is 5. The van der Waals surface area contributed by atoms with Crippen LogP contribution in [0.2, 0.25) is 0 Å². The number of urea groups is 1. The number of rotatable bonds is 7. The first kappa shape index (κ1) is 20.7. The molecule has 1 fully saturated rings. The Bertz CT molecular complexity index is 804. The lowest BCUT2D eigenvalue weighted by atomic mass is 10.2. The Hall–Kier alpha value is -3.07. The van der Waals surface area contributed by atoms with Crippen LogP contribution < -0.4 is 15.5 Å². The van der Waals surface area contributed by atoms with Gasteiger partial charge in [-0.3, -0.25) is 14.8 Å². The summed E-state index contributed by atoms with van der Waals surface area (Å²) in [4.78, 5) is 28.3.